The van der Waals surface area contributed by atoms with Gasteiger partial charge in [0.15, 0.2) is 0 Å². The molecular weight excluding hydrogens is 260 g/mol. The van der Waals surface area contributed by atoms with Crippen molar-refractivity contribution < 1.29 is 5.11 Å². The number of anilines is 1. The Balaban J connectivity index is 0.00000180. The monoisotopic (exact) mass is 284 g/mol. The molecule has 3 nitrogen and oxygen atoms in total. The predicted molar refractivity (Wildman–Crippen MR) is 82.9 cm³/mol. The highest BCUT2D eigenvalue weighted by Crippen LogP contribution is 2.31. The smallest absolute Gasteiger partial charge is 0.0500 e. The third-order valence-electron chi connectivity index (χ3n) is 3.97. The van der Waals surface area contributed by atoms with Crippen LogP contribution in [0.5, 0.6) is 0 Å². The topological polar surface area (TPSA) is 49.5 Å². The zero-order valence-corrected chi connectivity index (χ0v) is 12.6. The molecule has 1 heterocycles. The van der Waals surface area contributed by atoms with Gasteiger partial charge in [-0.2, -0.15) is 0 Å². The number of benzene rings is 1. The highest BCUT2D eigenvalue weighted by molar-refractivity contribution is 5.85. The molecule has 2 rings (SSSR count). The first-order valence-electron chi connectivity index (χ1n) is 6.76. The van der Waals surface area contributed by atoms with Crippen LogP contribution in [0.1, 0.15) is 38.3 Å². The predicted octanol–water partition coefficient (Wildman–Crippen LogP) is 2.73. The summed E-state index contributed by atoms with van der Waals surface area (Å²) < 4.78 is 0. The highest BCUT2D eigenvalue weighted by Gasteiger charge is 2.27. The Bertz CT molecular complexity index is 386. The Kier molecular flexibility index (Phi) is 5.65. The summed E-state index contributed by atoms with van der Waals surface area (Å²) in [7, 11) is 0. The van der Waals surface area contributed by atoms with E-state index in [1.807, 2.05) is 13.8 Å². The van der Waals surface area contributed by atoms with E-state index in [0.717, 1.165) is 18.7 Å². The second-order valence-electron chi connectivity index (χ2n) is 5.91. The van der Waals surface area contributed by atoms with Crippen molar-refractivity contribution in [2.45, 2.75) is 32.7 Å². The summed E-state index contributed by atoms with van der Waals surface area (Å²) >= 11 is 0. The van der Waals surface area contributed by atoms with Crippen molar-refractivity contribution in [3.8, 4) is 0 Å². The van der Waals surface area contributed by atoms with Gasteiger partial charge in [-0.3, -0.25) is 0 Å². The molecule has 0 saturated carbocycles. The molecule has 1 atom stereocenters. The first-order chi connectivity index (χ1) is 8.54. The molecule has 4 heteroatoms. The lowest BCUT2D eigenvalue weighted by molar-refractivity contribution is 0.132. The highest BCUT2D eigenvalue weighted by atomic mass is 35.5. The fourth-order valence-corrected chi connectivity index (χ4v) is 2.42. The number of halogens is 1. The van der Waals surface area contributed by atoms with Gasteiger partial charge in [0.25, 0.3) is 0 Å². The summed E-state index contributed by atoms with van der Waals surface area (Å²) in [5, 5.41) is 9.36. The number of hydrogen-bond donors (Lipinski definition) is 2. The van der Waals surface area contributed by atoms with Gasteiger partial charge in [-0.15, -0.1) is 12.4 Å². The van der Waals surface area contributed by atoms with Gasteiger partial charge in [0.05, 0.1) is 0 Å². The van der Waals surface area contributed by atoms with Crippen molar-refractivity contribution in [2.75, 3.05) is 24.6 Å². The van der Waals surface area contributed by atoms with E-state index >= 15 is 0 Å². The van der Waals surface area contributed by atoms with Crippen molar-refractivity contribution in [3.05, 3.63) is 29.8 Å². The van der Waals surface area contributed by atoms with Gasteiger partial charge in [0.2, 0.25) is 0 Å². The lowest BCUT2D eigenvalue weighted by Crippen LogP contribution is -2.32. The SMILES string of the molecule is CC(C)(CO)[C@@H](N)c1ccc(N2CCCC2)cc1.Cl. The Morgan fingerprint density at radius 3 is 2.21 bits per heavy atom. The molecule has 0 spiro atoms. The lowest BCUT2D eigenvalue weighted by atomic mass is 9.82. The molecule has 1 aromatic carbocycles. The normalized spacial score (nSPS) is 17.2. The molecule has 0 aromatic heterocycles. The number of rotatable bonds is 4. The molecule has 0 bridgehead atoms. The average molecular weight is 285 g/mol. The second kappa shape index (κ2) is 6.60. The third kappa shape index (κ3) is 3.62. The van der Waals surface area contributed by atoms with Crippen molar-refractivity contribution >= 4 is 18.1 Å². The Hall–Kier alpha value is -0.770. The summed E-state index contributed by atoms with van der Waals surface area (Å²) in [6, 6.07) is 8.35. The number of nitrogens with zero attached hydrogens (tertiary/aromatic N) is 1. The van der Waals surface area contributed by atoms with Crippen LogP contribution >= 0.6 is 12.4 Å². The van der Waals surface area contributed by atoms with Crippen LogP contribution in [0.4, 0.5) is 5.69 Å². The van der Waals surface area contributed by atoms with E-state index < -0.39 is 0 Å². The van der Waals surface area contributed by atoms with Crippen LogP contribution < -0.4 is 10.6 Å². The molecule has 0 radical (unpaired) electrons. The standard InChI is InChI=1S/C15H24N2O.ClH/c1-15(2,11-18)14(16)12-5-7-13(8-6-12)17-9-3-4-10-17;/h5-8,14,18H,3-4,9-11,16H2,1-2H3;1H/t14-;/m0./s1. The molecule has 1 aliphatic rings. The van der Waals surface area contributed by atoms with Gasteiger partial charge >= 0.3 is 0 Å². The summed E-state index contributed by atoms with van der Waals surface area (Å²) in [6.07, 6.45) is 2.58. The van der Waals surface area contributed by atoms with E-state index in [1.165, 1.54) is 18.5 Å². The maximum atomic E-state index is 9.36. The van der Waals surface area contributed by atoms with Crippen molar-refractivity contribution in [3.63, 3.8) is 0 Å². The van der Waals surface area contributed by atoms with Gasteiger partial charge in [-0.05, 0) is 30.5 Å². The van der Waals surface area contributed by atoms with E-state index in [-0.39, 0.29) is 30.5 Å². The number of aliphatic hydroxyl groups is 1. The number of hydrogen-bond acceptors (Lipinski definition) is 3. The quantitative estimate of drug-likeness (QED) is 0.894. The molecule has 0 unspecified atom stereocenters. The fourth-order valence-electron chi connectivity index (χ4n) is 2.42. The molecule has 19 heavy (non-hydrogen) atoms. The number of nitrogens with two attached hydrogens (primary N) is 1. The molecule has 0 amide bonds. The lowest BCUT2D eigenvalue weighted by Gasteiger charge is -2.30. The van der Waals surface area contributed by atoms with Gasteiger partial charge in [-0.25, -0.2) is 0 Å². The molecule has 3 N–H and O–H groups in total. The molecule has 0 aliphatic carbocycles. The van der Waals surface area contributed by atoms with Crippen LogP contribution in [-0.4, -0.2) is 24.8 Å². The first-order valence-corrected chi connectivity index (χ1v) is 6.76. The average Bonchev–Trinajstić information content (AvgIpc) is 2.92. The van der Waals surface area contributed by atoms with Gasteiger partial charge in [-0.1, -0.05) is 26.0 Å². The summed E-state index contributed by atoms with van der Waals surface area (Å²) in [5.74, 6) is 0. The van der Waals surface area contributed by atoms with Gasteiger partial charge < -0.3 is 15.7 Å². The minimum absolute atomic E-state index is 0. The van der Waals surface area contributed by atoms with Crippen LogP contribution in [0.25, 0.3) is 0 Å². The summed E-state index contributed by atoms with van der Waals surface area (Å²) in [5.41, 5.74) is 8.31. The van der Waals surface area contributed by atoms with Gasteiger partial charge in [0, 0.05) is 36.8 Å². The molecule has 1 aromatic rings. The number of aliphatic hydroxyl groups excluding tert-OH is 1. The maximum absolute atomic E-state index is 9.36. The zero-order chi connectivity index (χ0) is 13.2. The second-order valence-corrected chi connectivity index (χ2v) is 5.91. The fraction of sp³-hybridized carbons (Fsp3) is 0.600. The third-order valence-corrected chi connectivity index (χ3v) is 3.97. The van der Waals surface area contributed by atoms with E-state index in [0.29, 0.717) is 0 Å². The van der Waals surface area contributed by atoms with Crippen molar-refractivity contribution in [1.82, 2.24) is 0 Å². The van der Waals surface area contributed by atoms with E-state index in [2.05, 4.69) is 29.2 Å². The van der Waals surface area contributed by atoms with Crippen molar-refractivity contribution in [2.24, 2.45) is 11.1 Å². The summed E-state index contributed by atoms with van der Waals surface area (Å²) in [6.45, 7) is 6.40. The van der Waals surface area contributed by atoms with Crippen LogP contribution in [0.3, 0.4) is 0 Å². The largest absolute Gasteiger partial charge is 0.396 e. The molecule has 1 fully saturated rings. The Labute approximate surface area is 122 Å². The van der Waals surface area contributed by atoms with E-state index in [9.17, 15) is 5.11 Å². The Morgan fingerprint density at radius 1 is 1.21 bits per heavy atom. The zero-order valence-electron chi connectivity index (χ0n) is 11.8. The summed E-state index contributed by atoms with van der Waals surface area (Å²) in [4.78, 5) is 2.41. The Morgan fingerprint density at radius 2 is 1.74 bits per heavy atom. The van der Waals surface area contributed by atoms with Crippen LogP contribution in [0.15, 0.2) is 24.3 Å². The minimum atomic E-state index is -0.283. The first kappa shape index (κ1) is 16.3. The molecule has 1 saturated heterocycles. The molecule has 1 aliphatic heterocycles. The maximum Gasteiger partial charge on any atom is 0.0500 e. The molecular formula is C15H25ClN2O. The van der Waals surface area contributed by atoms with Crippen molar-refractivity contribution in [1.29, 1.82) is 0 Å². The van der Waals surface area contributed by atoms with Gasteiger partial charge in [0.1, 0.15) is 0 Å². The van der Waals surface area contributed by atoms with Crippen LogP contribution in [0.2, 0.25) is 0 Å². The van der Waals surface area contributed by atoms with E-state index in [1.54, 1.807) is 0 Å². The minimum Gasteiger partial charge on any atom is -0.396 e. The van der Waals surface area contributed by atoms with Crippen LogP contribution in [-0.2, 0) is 0 Å². The van der Waals surface area contributed by atoms with Crippen LogP contribution in [0, 0.1) is 5.41 Å². The molecule has 108 valence electrons. The van der Waals surface area contributed by atoms with E-state index in [4.69, 9.17) is 5.73 Å².